The third-order valence-corrected chi connectivity index (χ3v) is 5.40. The molecule has 1 saturated heterocycles. The number of hydrogen-bond donors (Lipinski definition) is 0. The molecule has 1 aromatic carbocycles. The van der Waals surface area contributed by atoms with Crippen LogP contribution in [-0.2, 0) is 12.8 Å². The van der Waals surface area contributed by atoms with Crippen LogP contribution in [0.5, 0.6) is 0 Å². The van der Waals surface area contributed by atoms with Crippen molar-refractivity contribution >= 4 is 11.7 Å². The van der Waals surface area contributed by atoms with Crippen LogP contribution in [0.1, 0.15) is 28.2 Å². The molecule has 1 fully saturated rings. The minimum Gasteiger partial charge on any atom is -0.352 e. The molecule has 142 valence electrons. The maximum absolute atomic E-state index is 12.8. The van der Waals surface area contributed by atoms with Crippen LogP contribution in [0.2, 0.25) is 0 Å². The van der Waals surface area contributed by atoms with Crippen LogP contribution < -0.4 is 4.90 Å². The number of fused-ring (bicyclic) bond motifs is 1. The summed E-state index contributed by atoms with van der Waals surface area (Å²) in [6.07, 6.45) is 4.83. The lowest BCUT2D eigenvalue weighted by molar-refractivity contribution is 0.0740. The van der Waals surface area contributed by atoms with Crippen molar-refractivity contribution in [1.82, 2.24) is 30.1 Å². The Kier molecular flexibility index (Phi) is 4.23. The van der Waals surface area contributed by atoms with E-state index in [1.54, 1.807) is 0 Å². The number of amides is 1. The van der Waals surface area contributed by atoms with E-state index in [2.05, 4.69) is 31.4 Å². The maximum Gasteiger partial charge on any atom is 0.276 e. The van der Waals surface area contributed by atoms with E-state index < -0.39 is 0 Å². The van der Waals surface area contributed by atoms with Gasteiger partial charge in [-0.15, -0.1) is 10.2 Å². The number of benzene rings is 1. The number of hydrogen-bond acceptors (Lipinski definition) is 6. The molecule has 0 radical (unpaired) electrons. The van der Waals surface area contributed by atoms with E-state index in [0.717, 1.165) is 43.1 Å². The molecule has 0 unspecified atom stereocenters. The van der Waals surface area contributed by atoms with Gasteiger partial charge in [-0.25, -0.2) is 0 Å². The molecule has 8 nitrogen and oxygen atoms in total. The summed E-state index contributed by atoms with van der Waals surface area (Å²) in [6, 6.07) is 11.8. The minimum absolute atomic E-state index is 0.0816. The van der Waals surface area contributed by atoms with Gasteiger partial charge in [-0.05, 0) is 43.0 Å². The lowest BCUT2D eigenvalue weighted by Gasteiger charge is -2.34. The van der Waals surface area contributed by atoms with Gasteiger partial charge in [-0.1, -0.05) is 18.2 Å². The normalized spacial score (nSPS) is 16.3. The molecule has 2 aliphatic rings. The Bertz CT molecular complexity index is 993. The summed E-state index contributed by atoms with van der Waals surface area (Å²) in [7, 11) is 0. The predicted molar refractivity (Wildman–Crippen MR) is 104 cm³/mol. The topological polar surface area (TPSA) is 80.0 Å². The van der Waals surface area contributed by atoms with E-state index in [1.807, 2.05) is 35.2 Å². The van der Waals surface area contributed by atoms with Gasteiger partial charge in [0.25, 0.3) is 5.91 Å². The first-order chi connectivity index (χ1) is 13.8. The number of carbonyl (C=O) groups excluding carboxylic acids is 1. The number of aromatic nitrogens is 5. The van der Waals surface area contributed by atoms with Gasteiger partial charge in [0.2, 0.25) is 0 Å². The van der Waals surface area contributed by atoms with Crippen LogP contribution >= 0.6 is 0 Å². The Morgan fingerprint density at radius 1 is 0.964 bits per heavy atom. The molecule has 1 amide bonds. The second kappa shape index (κ2) is 7.03. The molecule has 2 aromatic heterocycles. The molecule has 3 aromatic rings. The predicted octanol–water partition coefficient (Wildman–Crippen LogP) is 1.51. The molecule has 0 atom stereocenters. The fraction of sp³-hybridized carbons (Fsp3) is 0.350. The molecule has 0 spiro atoms. The highest BCUT2D eigenvalue weighted by Crippen LogP contribution is 2.23. The van der Waals surface area contributed by atoms with Crippen LogP contribution in [0.3, 0.4) is 0 Å². The zero-order valence-electron chi connectivity index (χ0n) is 15.5. The summed E-state index contributed by atoms with van der Waals surface area (Å²) in [4.78, 5) is 18.3. The van der Waals surface area contributed by atoms with Gasteiger partial charge in [0.15, 0.2) is 11.5 Å². The van der Waals surface area contributed by atoms with Gasteiger partial charge in [-0.2, -0.15) is 15.0 Å². The quantitative estimate of drug-likeness (QED) is 0.690. The lowest BCUT2D eigenvalue weighted by Crippen LogP contribution is -2.49. The Balaban J connectivity index is 1.24. The molecule has 5 rings (SSSR count). The summed E-state index contributed by atoms with van der Waals surface area (Å²) in [5.41, 5.74) is 3.66. The third kappa shape index (κ3) is 3.11. The average molecular weight is 375 g/mol. The molecule has 28 heavy (non-hydrogen) atoms. The first-order valence-electron chi connectivity index (χ1n) is 9.65. The third-order valence-electron chi connectivity index (χ3n) is 5.40. The Hall–Kier alpha value is -3.29. The molecule has 1 aliphatic heterocycles. The largest absolute Gasteiger partial charge is 0.352 e. The SMILES string of the molecule is O=C(c1cnn(-c2ccccc2)n1)N1CCN(c2cc3c(nn2)CCC3)CC1. The lowest BCUT2D eigenvalue weighted by atomic mass is 10.2. The van der Waals surface area contributed by atoms with Crippen molar-refractivity contribution in [3.05, 3.63) is 59.5 Å². The van der Waals surface area contributed by atoms with Crippen molar-refractivity contribution in [2.45, 2.75) is 19.3 Å². The van der Waals surface area contributed by atoms with Crippen molar-refractivity contribution in [2.75, 3.05) is 31.1 Å². The van der Waals surface area contributed by atoms with Gasteiger partial charge in [-0.3, -0.25) is 4.79 Å². The van der Waals surface area contributed by atoms with Gasteiger partial charge < -0.3 is 9.80 Å². The molecule has 8 heteroatoms. The van der Waals surface area contributed by atoms with Crippen molar-refractivity contribution in [3.63, 3.8) is 0 Å². The molecular formula is C20H21N7O. The molecule has 1 aliphatic carbocycles. The summed E-state index contributed by atoms with van der Waals surface area (Å²) >= 11 is 0. The Morgan fingerprint density at radius 3 is 2.61 bits per heavy atom. The second-order valence-electron chi connectivity index (χ2n) is 7.16. The number of rotatable bonds is 3. The molecule has 3 heterocycles. The van der Waals surface area contributed by atoms with E-state index in [9.17, 15) is 4.79 Å². The van der Waals surface area contributed by atoms with Crippen LogP contribution in [0, 0.1) is 0 Å². The smallest absolute Gasteiger partial charge is 0.276 e. The summed E-state index contributed by atoms with van der Waals surface area (Å²) in [5.74, 6) is 0.838. The van der Waals surface area contributed by atoms with Gasteiger partial charge in [0.05, 0.1) is 17.6 Å². The molecule has 0 saturated carbocycles. The molecule has 0 N–H and O–H groups in total. The highest BCUT2D eigenvalue weighted by molar-refractivity contribution is 5.92. The van der Waals surface area contributed by atoms with E-state index in [-0.39, 0.29) is 5.91 Å². The number of piperazine rings is 1. The number of carbonyl (C=O) groups is 1. The average Bonchev–Trinajstić information content (AvgIpc) is 3.43. The number of aryl methyl sites for hydroxylation is 2. The Morgan fingerprint density at radius 2 is 1.79 bits per heavy atom. The number of para-hydroxylation sites is 1. The van der Waals surface area contributed by atoms with E-state index >= 15 is 0 Å². The van der Waals surface area contributed by atoms with Crippen LogP contribution in [0.15, 0.2) is 42.6 Å². The number of anilines is 1. The van der Waals surface area contributed by atoms with Crippen LogP contribution in [-0.4, -0.2) is 62.2 Å². The summed E-state index contributed by atoms with van der Waals surface area (Å²) < 4.78 is 0. The summed E-state index contributed by atoms with van der Waals surface area (Å²) in [6.45, 7) is 2.75. The van der Waals surface area contributed by atoms with Crippen LogP contribution in [0.25, 0.3) is 5.69 Å². The zero-order valence-corrected chi connectivity index (χ0v) is 15.5. The van der Waals surface area contributed by atoms with Gasteiger partial charge >= 0.3 is 0 Å². The molecular weight excluding hydrogens is 354 g/mol. The standard InChI is InChI=1S/C20H21N7O/c28-20(18-14-21-27(24-18)16-6-2-1-3-7-16)26-11-9-25(10-12-26)19-13-15-5-4-8-17(15)22-23-19/h1-3,6-7,13-14H,4-5,8-12H2. The van der Waals surface area contributed by atoms with Gasteiger partial charge in [0.1, 0.15) is 0 Å². The van der Waals surface area contributed by atoms with Crippen molar-refractivity contribution in [1.29, 1.82) is 0 Å². The maximum atomic E-state index is 12.8. The minimum atomic E-state index is -0.0816. The van der Waals surface area contributed by atoms with E-state index in [4.69, 9.17) is 0 Å². The summed E-state index contributed by atoms with van der Waals surface area (Å²) in [5, 5.41) is 17.3. The first-order valence-corrected chi connectivity index (χ1v) is 9.65. The van der Waals surface area contributed by atoms with E-state index in [0.29, 0.717) is 18.8 Å². The first kappa shape index (κ1) is 16.9. The second-order valence-corrected chi connectivity index (χ2v) is 7.16. The molecule has 0 bridgehead atoms. The fourth-order valence-electron chi connectivity index (χ4n) is 3.82. The van der Waals surface area contributed by atoms with E-state index in [1.165, 1.54) is 23.0 Å². The zero-order chi connectivity index (χ0) is 18.9. The highest BCUT2D eigenvalue weighted by atomic mass is 16.2. The monoisotopic (exact) mass is 375 g/mol. The van der Waals surface area contributed by atoms with Crippen molar-refractivity contribution in [3.8, 4) is 5.69 Å². The number of nitrogens with zero attached hydrogens (tertiary/aromatic N) is 7. The van der Waals surface area contributed by atoms with Crippen molar-refractivity contribution < 1.29 is 4.79 Å². The Labute approximate surface area is 162 Å². The highest BCUT2D eigenvalue weighted by Gasteiger charge is 2.26. The van der Waals surface area contributed by atoms with Crippen molar-refractivity contribution in [2.24, 2.45) is 0 Å². The van der Waals surface area contributed by atoms with Gasteiger partial charge in [0, 0.05) is 26.2 Å². The fourth-order valence-corrected chi connectivity index (χ4v) is 3.82. The van der Waals surface area contributed by atoms with Crippen LogP contribution in [0.4, 0.5) is 5.82 Å².